The maximum absolute atomic E-state index is 8.88. The van der Waals surface area contributed by atoms with E-state index in [0.717, 1.165) is 38.0 Å². The van der Waals surface area contributed by atoms with Crippen molar-refractivity contribution in [3.63, 3.8) is 0 Å². The van der Waals surface area contributed by atoms with Gasteiger partial charge in [-0.3, -0.25) is 4.90 Å². The summed E-state index contributed by atoms with van der Waals surface area (Å²) in [5.41, 5.74) is 0.631. The summed E-state index contributed by atoms with van der Waals surface area (Å²) in [6.45, 7) is 5.25. The monoisotopic (exact) mass is 298 g/mol. The van der Waals surface area contributed by atoms with Gasteiger partial charge in [-0.15, -0.1) is 0 Å². The highest BCUT2D eigenvalue weighted by Crippen LogP contribution is 2.36. The van der Waals surface area contributed by atoms with Crippen LogP contribution in [0.4, 0.5) is 5.82 Å². The number of hydrogen-bond donors (Lipinski definition) is 0. The predicted octanol–water partition coefficient (Wildman–Crippen LogP) is 1.64. The van der Waals surface area contributed by atoms with Gasteiger partial charge in [-0.05, 0) is 43.9 Å². The molecule has 3 fully saturated rings. The van der Waals surface area contributed by atoms with E-state index in [9.17, 15) is 0 Å². The van der Waals surface area contributed by atoms with E-state index in [1.807, 2.05) is 12.1 Å². The molecule has 2 atom stereocenters. The number of ether oxygens (including phenoxy) is 1. The summed E-state index contributed by atoms with van der Waals surface area (Å²) < 4.78 is 5.51. The number of nitriles is 1. The van der Waals surface area contributed by atoms with Crippen LogP contribution in [0.2, 0.25) is 0 Å². The average Bonchev–Trinajstić information content (AvgIpc) is 3.16. The molecule has 0 radical (unpaired) electrons. The third-order valence-electron chi connectivity index (χ3n) is 5.45. The molecule has 3 aliphatic rings. The van der Waals surface area contributed by atoms with Crippen molar-refractivity contribution < 1.29 is 4.74 Å². The van der Waals surface area contributed by atoms with Crippen molar-refractivity contribution >= 4 is 5.82 Å². The van der Waals surface area contributed by atoms with Crippen LogP contribution in [0.15, 0.2) is 18.3 Å². The van der Waals surface area contributed by atoms with E-state index >= 15 is 0 Å². The Morgan fingerprint density at radius 3 is 2.77 bits per heavy atom. The molecule has 0 amide bonds. The van der Waals surface area contributed by atoms with Gasteiger partial charge >= 0.3 is 0 Å². The Morgan fingerprint density at radius 1 is 1.18 bits per heavy atom. The van der Waals surface area contributed by atoms with Crippen molar-refractivity contribution in [1.82, 2.24) is 9.88 Å². The van der Waals surface area contributed by atoms with Crippen molar-refractivity contribution in [3.8, 4) is 6.07 Å². The third-order valence-corrected chi connectivity index (χ3v) is 5.45. The highest BCUT2D eigenvalue weighted by Gasteiger charge is 2.44. The van der Waals surface area contributed by atoms with Crippen molar-refractivity contribution in [1.29, 1.82) is 5.26 Å². The molecule has 22 heavy (non-hydrogen) atoms. The highest BCUT2D eigenvalue weighted by molar-refractivity contribution is 5.43. The molecule has 1 aromatic rings. The quantitative estimate of drug-likeness (QED) is 0.831. The van der Waals surface area contributed by atoms with Gasteiger partial charge in [-0.1, -0.05) is 0 Å². The van der Waals surface area contributed by atoms with Crippen molar-refractivity contribution in [2.75, 3.05) is 37.7 Å². The van der Waals surface area contributed by atoms with Crippen molar-refractivity contribution in [3.05, 3.63) is 23.9 Å². The van der Waals surface area contributed by atoms with E-state index < -0.39 is 0 Å². The Morgan fingerprint density at radius 2 is 2.05 bits per heavy atom. The Balaban J connectivity index is 1.45. The van der Waals surface area contributed by atoms with Crippen LogP contribution in [0, 0.1) is 17.2 Å². The lowest BCUT2D eigenvalue weighted by Gasteiger charge is -2.35. The van der Waals surface area contributed by atoms with Gasteiger partial charge in [0.2, 0.25) is 0 Å². The van der Waals surface area contributed by atoms with Crippen molar-refractivity contribution in [2.24, 2.45) is 5.92 Å². The molecule has 1 aromatic heterocycles. The number of fused-ring (bicyclic) bond motifs is 1. The lowest BCUT2D eigenvalue weighted by molar-refractivity contribution is 0.0299. The number of pyridine rings is 1. The van der Waals surface area contributed by atoms with Crippen LogP contribution in [0.25, 0.3) is 0 Å². The molecule has 116 valence electrons. The van der Waals surface area contributed by atoms with Gasteiger partial charge in [-0.2, -0.15) is 5.26 Å². The Kier molecular flexibility index (Phi) is 3.73. The lowest BCUT2D eigenvalue weighted by Crippen LogP contribution is -2.45. The van der Waals surface area contributed by atoms with Gasteiger partial charge < -0.3 is 9.64 Å². The van der Waals surface area contributed by atoms with Crippen LogP contribution < -0.4 is 4.90 Å². The minimum atomic E-state index is 0.631. The van der Waals surface area contributed by atoms with Crippen LogP contribution in [-0.2, 0) is 4.74 Å². The number of hydrogen-bond acceptors (Lipinski definition) is 5. The Hall–Kier alpha value is -1.64. The molecule has 2 unspecified atom stereocenters. The van der Waals surface area contributed by atoms with Crippen LogP contribution in [0.1, 0.15) is 24.8 Å². The molecule has 0 spiro atoms. The first-order valence-electron chi connectivity index (χ1n) is 8.30. The van der Waals surface area contributed by atoms with Crippen LogP contribution in [0.5, 0.6) is 0 Å². The zero-order valence-electron chi connectivity index (χ0n) is 12.8. The number of rotatable bonds is 2. The van der Waals surface area contributed by atoms with E-state index in [0.29, 0.717) is 17.6 Å². The van der Waals surface area contributed by atoms with Crippen molar-refractivity contribution in [2.45, 2.75) is 31.3 Å². The molecular formula is C17H22N4O. The molecule has 0 saturated carbocycles. The first-order valence-corrected chi connectivity index (χ1v) is 8.30. The zero-order valence-corrected chi connectivity index (χ0v) is 12.8. The number of nitrogens with zero attached hydrogens (tertiary/aromatic N) is 4. The molecule has 5 heteroatoms. The summed E-state index contributed by atoms with van der Waals surface area (Å²) in [5, 5.41) is 8.88. The summed E-state index contributed by atoms with van der Waals surface area (Å²) in [6.07, 6.45) is 5.34. The van der Waals surface area contributed by atoms with Gasteiger partial charge in [0, 0.05) is 44.6 Å². The van der Waals surface area contributed by atoms with Crippen LogP contribution in [-0.4, -0.2) is 54.8 Å². The van der Waals surface area contributed by atoms with E-state index in [4.69, 9.17) is 10.00 Å². The second kappa shape index (κ2) is 5.86. The number of aromatic nitrogens is 1. The van der Waals surface area contributed by atoms with E-state index in [-0.39, 0.29) is 0 Å². The summed E-state index contributed by atoms with van der Waals surface area (Å²) in [6, 6.07) is 7.36. The van der Waals surface area contributed by atoms with Gasteiger partial charge in [0.25, 0.3) is 0 Å². The largest absolute Gasteiger partial charge is 0.381 e. The predicted molar refractivity (Wildman–Crippen MR) is 83.6 cm³/mol. The fraction of sp³-hybridized carbons (Fsp3) is 0.647. The lowest BCUT2D eigenvalue weighted by atomic mass is 10.0. The minimum absolute atomic E-state index is 0.631. The summed E-state index contributed by atoms with van der Waals surface area (Å²) in [5.74, 6) is 1.78. The first-order chi connectivity index (χ1) is 10.8. The molecule has 3 saturated heterocycles. The Bertz CT molecular complexity index is 561. The topological polar surface area (TPSA) is 52.4 Å². The zero-order chi connectivity index (χ0) is 14.9. The van der Waals surface area contributed by atoms with E-state index in [1.165, 1.54) is 25.8 Å². The number of anilines is 1. The van der Waals surface area contributed by atoms with Crippen LogP contribution >= 0.6 is 0 Å². The SMILES string of the molecule is N#Cc1ccc(N2CC3CCN(C4CCOCC4)C3C2)nc1. The summed E-state index contributed by atoms with van der Waals surface area (Å²) in [7, 11) is 0. The smallest absolute Gasteiger partial charge is 0.128 e. The summed E-state index contributed by atoms with van der Waals surface area (Å²) >= 11 is 0. The molecule has 4 heterocycles. The highest BCUT2D eigenvalue weighted by atomic mass is 16.5. The minimum Gasteiger partial charge on any atom is -0.381 e. The maximum Gasteiger partial charge on any atom is 0.128 e. The molecule has 4 rings (SSSR count). The second-order valence-corrected chi connectivity index (χ2v) is 6.62. The van der Waals surface area contributed by atoms with E-state index in [1.54, 1.807) is 6.20 Å². The van der Waals surface area contributed by atoms with Crippen LogP contribution in [0.3, 0.4) is 0 Å². The first kappa shape index (κ1) is 14.0. The van der Waals surface area contributed by atoms with E-state index in [2.05, 4.69) is 20.9 Å². The molecule has 3 aliphatic heterocycles. The normalized spacial score (nSPS) is 29.5. The second-order valence-electron chi connectivity index (χ2n) is 6.62. The molecule has 0 aromatic carbocycles. The Labute approximate surface area is 131 Å². The molecule has 0 aliphatic carbocycles. The standard InChI is InChI=1S/C17H22N4O/c18-9-13-1-2-17(19-10-13)20-11-14-3-6-21(16(14)12-20)15-4-7-22-8-5-15/h1-2,10,14-16H,3-8,11-12H2. The molecule has 5 nitrogen and oxygen atoms in total. The molecule has 0 bridgehead atoms. The fourth-order valence-electron chi connectivity index (χ4n) is 4.29. The number of likely N-dealkylation sites (tertiary alicyclic amines) is 1. The maximum atomic E-state index is 8.88. The average molecular weight is 298 g/mol. The van der Waals surface area contributed by atoms with Gasteiger partial charge in [0.15, 0.2) is 0 Å². The summed E-state index contributed by atoms with van der Waals surface area (Å²) in [4.78, 5) is 9.59. The molecule has 0 N–H and O–H groups in total. The fourth-order valence-corrected chi connectivity index (χ4v) is 4.29. The van der Waals surface area contributed by atoms with Gasteiger partial charge in [0.05, 0.1) is 5.56 Å². The third kappa shape index (κ3) is 2.47. The van der Waals surface area contributed by atoms with Gasteiger partial charge in [-0.25, -0.2) is 4.98 Å². The van der Waals surface area contributed by atoms with Gasteiger partial charge in [0.1, 0.15) is 11.9 Å². The molecular weight excluding hydrogens is 276 g/mol.